The molecule has 1 fully saturated rings. The number of alkyl halides is 1. The lowest BCUT2D eigenvalue weighted by molar-refractivity contribution is -0.246. The fraction of sp³-hybridized carbons (Fsp3) is 0.600. The van der Waals surface area contributed by atoms with Gasteiger partial charge in [-0.25, -0.2) is 0 Å². The first-order chi connectivity index (χ1) is 20.7. The number of thioether (sulfide) groups is 1. The number of hydrogen-bond donors (Lipinski definition) is 0. The highest BCUT2D eigenvalue weighted by Gasteiger charge is 2.51. The third kappa shape index (κ3) is 9.76. The van der Waals surface area contributed by atoms with Crippen LogP contribution in [-0.2, 0) is 41.9 Å². The van der Waals surface area contributed by atoms with E-state index in [1.165, 1.54) is 5.56 Å². The van der Waals surface area contributed by atoms with Crippen LogP contribution in [0, 0.1) is 0 Å². The number of halogens is 1. The molecule has 0 bridgehead atoms. The Bertz CT molecular complexity index is 1060. The Kier molecular flexibility index (Phi) is 15.5. The molecule has 0 N–H and O–H groups in total. The second-order valence-electron chi connectivity index (χ2n) is 12.2. The summed E-state index contributed by atoms with van der Waals surface area (Å²) in [6, 6.07) is 18.8. The van der Waals surface area contributed by atoms with Gasteiger partial charge < -0.3 is 23.4 Å². The van der Waals surface area contributed by atoms with E-state index in [4.69, 9.17) is 23.4 Å². The molecule has 5 atom stereocenters. The van der Waals surface area contributed by atoms with Crippen LogP contribution in [0.1, 0.15) is 65.2 Å². The number of rotatable bonds is 18. The van der Waals surface area contributed by atoms with Crippen LogP contribution in [0.2, 0.25) is 16.6 Å². The molecule has 43 heavy (non-hydrogen) atoms. The highest BCUT2D eigenvalue weighted by atomic mass is 79.9. The first-order valence-corrected chi connectivity index (χ1v) is 20.0. The van der Waals surface area contributed by atoms with Gasteiger partial charge in [-0.2, -0.15) is 0 Å². The van der Waals surface area contributed by atoms with Crippen molar-refractivity contribution >= 4 is 36.0 Å². The molecule has 1 aliphatic rings. The summed E-state index contributed by atoms with van der Waals surface area (Å²) in [5.74, 6) is 0.893. The largest absolute Gasteiger partial charge is 0.413 e. The van der Waals surface area contributed by atoms with Crippen molar-refractivity contribution in [2.45, 2.75) is 113 Å². The first-order valence-electron chi connectivity index (χ1n) is 15.7. The molecule has 1 saturated heterocycles. The van der Waals surface area contributed by atoms with Crippen LogP contribution >= 0.6 is 27.7 Å². The Labute approximate surface area is 274 Å². The lowest BCUT2D eigenvalue weighted by Gasteiger charge is -2.48. The second-order valence-corrected chi connectivity index (χ2v) is 19.6. The molecular weight excluding hydrogens is 640 g/mol. The van der Waals surface area contributed by atoms with E-state index in [0.29, 0.717) is 43.1 Å². The van der Waals surface area contributed by atoms with Crippen molar-refractivity contribution in [3.63, 3.8) is 0 Å². The smallest absolute Gasteiger partial charge is 0.200 e. The molecule has 3 rings (SSSR count). The van der Waals surface area contributed by atoms with Gasteiger partial charge >= 0.3 is 0 Å². The Balaban J connectivity index is 1.97. The van der Waals surface area contributed by atoms with Crippen molar-refractivity contribution in [2.24, 2.45) is 0 Å². The minimum absolute atomic E-state index is 0.224. The van der Waals surface area contributed by atoms with Crippen LogP contribution in [0.4, 0.5) is 0 Å². The molecule has 2 aromatic carbocycles. The fourth-order valence-corrected chi connectivity index (χ4v) is 13.3. The van der Waals surface area contributed by atoms with Gasteiger partial charge in [0.15, 0.2) is 8.32 Å². The summed E-state index contributed by atoms with van der Waals surface area (Å²) in [5, 5.41) is 0.799. The Morgan fingerprint density at radius 1 is 0.837 bits per heavy atom. The van der Waals surface area contributed by atoms with Crippen LogP contribution in [0.25, 0.3) is 0 Å². The molecule has 5 nitrogen and oxygen atoms in total. The van der Waals surface area contributed by atoms with Crippen molar-refractivity contribution in [3.05, 3.63) is 83.9 Å². The van der Waals surface area contributed by atoms with Gasteiger partial charge in [0.25, 0.3) is 0 Å². The monoisotopic (exact) mass is 692 g/mol. The van der Waals surface area contributed by atoms with Gasteiger partial charge in [-0.3, -0.25) is 0 Å². The van der Waals surface area contributed by atoms with E-state index in [1.54, 1.807) is 17.8 Å². The third-order valence-electron chi connectivity index (χ3n) is 8.41. The summed E-state index contributed by atoms with van der Waals surface area (Å²) >= 11 is 5.34. The van der Waals surface area contributed by atoms with Crippen LogP contribution in [0.15, 0.2) is 67.3 Å². The van der Waals surface area contributed by atoms with Gasteiger partial charge in [0.1, 0.15) is 29.9 Å². The maximum absolute atomic E-state index is 7.09. The van der Waals surface area contributed by atoms with E-state index in [-0.39, 0.29) is 29.9 Å². The van der Waals surface area contributed by atoms with Gasteiger partial charge in [0.05, 0.1) is 26.4 Å². The normalized spacial score (nSPS) is 22.9. The van der Waals surface area contributed by atoms with Crippen molar-refractivity contribution in [3.8, 4) is 0 Å². The van der Waals surface area contributed by atoms with Crippen LogP contribution in [-0.4, -0.2) is 57.1 Å². The highest BCUT2D eigenvalue weighted by Crippen LogP contribution is 2.43. The van der Waals surface area contributed by atoms with Gasteiger partial charge in [-0.1, -0.05) is 125 Å². The van der Waals surface area contributed by atoms with E-state index in [2.05, 4.69) is 107 Å². The van der Waals surface area contributed by atoms with Crippen LogP contribution in [0.3, 0.4) is 0 Å². The molecule has 2 aromatic rings. The van der Waals surface area contributed by atoms with Gasteiger partial charge in [0.2, 0.25) is 0 Å². The summed E-state index contributed by atoms with van der Waals surface area (Å²) in [7, 11) is -2.13. The maximum Gasteiger partial charge on any atom is 0.200 e. The van der Waals surface area contributed by atoms with Crippen molar-refractivity contribution in [1.82, 2.24) is 0 Å². The molecule has 8 heteroatoms. The predicted octanol–water partition coefficient (Wildman–Crippen LogP) is 9.29. The maximum atomic E-state index is 7.09. The standard InChI is InChI=1S/C35H53BrO5SSi/c1-9-19-37-32-31(24-40-43(25(3)4,26(5)6)27(7)8)41-35(42-10-2)34(39-22-28-15-12-11-13-16-28)33(32)38-23-30-18-14-17-29(20-30)21-36/h9,11-18,20,25-27,31-35H,1,10,19,21-24H2,2-8H3/t31-,32-,33+,34-,35+/m1/s1. The van der Waals surface area contributed by atoms with Gasteiger partial charge in [0, 0.05) is 5.33 Å². The van der Waals surface area contributed by atoms with Gasteiger partial charge in [-0.05, 0) is 39.1 Å². The number of ether oxygens (including phenoxy) is 4. The molecule has 0 radical (unpaired) electrons. The first kappa shape index (κ1) is 36.5. The van der Waals surface area contributed by atoms with E-state index < -0.39 is 8.32 Å². The van der Waals surface area contributed by atoms with Crippen molar-refractivity contribution in [1.29, 1.82) is 0 Å². The third-order valence-corrected chi connectivity index (χ3v) is 16.2. The molecule has 0 amide bonds. The molecule has 1 heterocycles. The molecule has 0 aromatic heterocycles. The minimum Gasteiger partial charge on any atom is -0.413 e. The minimum atomic E-state index is -2.13. The second kappa shape index (κ2) is 18.2. The van der Waals surface area contributed by atoms with E-state index in [9.17, 15) is 0 Å². The summed E-state index contributed by atoms with van der Waals surface area (Å²) in [5.41, 5.74) is 4.64. The van der Waals surface area contributed by atoms with Gasteiger partial charge in [-0.15, -0.1) is 18.3 Å². The Hall–Kier alpha value is -0.973. The van der Waals surface area contributed by atoms with Crippen LogP contribution < -0.4 is 0 Å². The lowest BCUT2D eigenvalue weighted by atomic mass is 9.99. The number of hydrogen-bond acceptors (Lipinski definition) is 6. The zero-order valence-corrected chi connectivity index (χ0v) is 30.6. The summed E-state index contributed by atoms with van der Waals surface area (Å²) in [6.07, 6.45) is 0.401. The Morgan fingerprint density at radius 3 is 2.05 bits per heavy atom. The van der Waals surface area contributed by atoms with E-state index in [1.807, 2.05) is 18.2 Å². The zero-order valence-electron chi connectivity index (χ0n) is 27.2. The number of benzene rings is 2. The average molecular weight is 694 g/mol. The van der Waals surface area contributed by atoms with Crippen LogP contribution in [0.5, 0.6) is 0 Å². The molecule has 0 unspecified atom stereocenters. The van der Waals surface area contributed by atoms with Crippen molar-refractivity contribution in [2.75, 3.05) is 19.0 Å². The topological polar surface area (TPSA) is 46.2 Å². The average Bonchev–Trinajstić information content (AvgIpc) is 2.99. The zero-order chi connectivity index (χ0) is 31.4. The quantitative estimate of drug-likeness (QED) is 0.0882. The molecular formula is C35H53BrO5SSi. The van der Waals surface area contributed by atoms with Crippen molar-refractivity contribution < 1.29 is 23.4 Å². The fourth-order valence-electron chi connectivity index (χ4n) is 6.55. The molecule has 240 valence electrons. The molecule has 0 saturated carbocycles. The molecule has 1 aliphatic heterocycles. The SMILES string of the molecule is C=CCO[C@H]1[C@H](OCc2cccc(CBr)c2)[C@@H](OCc2ccccc2)[C@H](SCC)O[C@@H]1CO[Si](C(C)C)(C(C)C)C(C)C. The van der Waals surface area contributed by atoms with E-state index >= 15 is 0 Å². The Morgan fingerprint density at radius 2 is 1.44 bits per heavy atom. The summed E-state index contributed by atoms with van der Waals surface area (Å²) in [4.78, 5) is 0. The predicted molar refractivity (Wildman–Crippen MR) is 186 cm³/mol. The highest BCUT2D eigenvalue weighted by molar-refractivity contribution is 9.08. The van der Waals surface area contributed by atoms with E-state index in [0.717, 1.165) is 22.2 Å². The summed E-state index contributed by atoms with van der Waals surface area (Å²) < 4.78 is 34.0. The molecule has 0 aliphatic carbocycles. The summed E-state index contributed by atoms with van der Waals surface area (Å²) in [6.45, 7) is 21.8. The lowest BCUT2D eigenvalue weighted by Crippen LogP contribution is -2.61. The molecule has 0 spiro atoms.